The van der Waals surface area contributed by atoms with Crippen LogP contribution in [0, 0.1) is 0 Å². The van der Waals surface area contributed by atoms with Gasteiger partial charge in [0.1, 0.15) is 0 Å². The van der Waals surface area contributed by atoms with Crippen LogP contribution in [0.1, 0.15) is 33.1 Å². The lowest BCUT2D eigenvalue weighted by Gasteiger charge is -2.33. The van der Waals surface area contributed by atoms with Crippen LogP contribution in [0.25, 0.3) is 0 Å². The number of rotatable bonds is 4. The van der Waals surface area contributed by atoms with Crippen LogP contribution >= 0.6 is 0 Å². The highest BCUT2D eigenvalue weighted by Crippen LogP contribution is 2.28. The van der Waals surface area contributed by atoms with Gasteiger partial charge in [0, 0.05) is 18.5 Å². The molecule has 0 aromatic rings. The van der Waals surface area contributed by atoms with Crippen LogP contribution in [0.15, 0.2) is 0 Å². The fourth-order valence-corrected chi connectivity index (χ4v) is 3.82. The molecular weight excluding hydrogens is 218 g/mol. The molecule has 1 aliphatic heterocycles. The van der Waals surface area contributed by atoms with Crippen molar-refractivity contribution >= 4 is 16.0 Å². The third kappa shape index (κ3) is 2.92. The molecule has 1 heterocycles. The van der Waals surface area contributed by atoms with Crippen molar-refractivity contribution in [1.29, 1.82) is 0 Å². The number of nitrogens with zero attached hydrogens (tertiary/aromatic N) is 1. The maximum atomic E-state index is 11.6. The highest BCUT2D eigenvalue weighted by Gasteiger charge is 2.39. The maximum Gasteiger partial charge on any atom is 0.303 e. The van der Waals surface area contributed by atoms with Crippen molar-refractivity contribution in [1.82, 2.24) is 4.31 Å². The van der Waals surface area contributed by atoms with Gasteiger partial charge >= 0.3 is 5.97 Å². The average molecular weight is 235 g/mol. The molecule has 0 bridgehead atoms. The summed E-state index contributed by atoms with van der Waals surface area (Å²) in [6.07, 6.45) is 0.986. The fraction of sp³-hybridized carbons (Fsp3) is 0.889. The lowest BCUT2D eigenvalue weighted by atomic mass is 9.98. The Morgan fingerprint density at radius 2 is 2.07 bits per heavy atom. The van der Waals surface area contributed by atoms with Crippen molar-refractivity contribution in [3.05, 3.63) is 0 Å². The van der Waals surface area contributed by atoms with Gasteiger partial charge in [-0.25, -0.2) is 8.42 Å². The van der Waals surface area contributed by atoms with E-state index in [2.05, 4.69) is 0 Å². The summed E-state index contributed by atoms with van der Waals surface area (Å²) < 4.78 is 24.7. The molecule has 6 heteroatoms. The van der Waals surface area contributed by atoms with Gasteiger partial charge in [0.2, 0.25) is 10.0 Å². The van der Waals surface area contributed by atoms with E-state index in [9.17, 15) is 13.2 Å². The van der Waals surface area contributed by atoms with Crippen molar-refractivity contribution in [3.63, 3.8) is 0 Å². The topological polar surface area (TPSA) is 74.7 Å². The predicted octanol–water partition coefficient (Wildman–Crippen LogP) is 0.665. The first-order valence-corrected chi connectivity index (χ1v) is 6.59. The minimum atomic E-state index is -3.15. The summed E-state index contributed by atoms with van der Waals surface area (Å²) in [5.41, 5.74) is -0.590. The summed E-state index contributed by atoms with van der Waals surface area (Å²) in [6.45, 7) is 4.06. The summed E-state index contributed by atoms with van der Waals surface area (Å²) in [5, 5.41) is 8.58. The van der Waals surface area contributed by atoms with Crippen LogP contribution in [-0.2, 0) is 14.8 Å². The van der Waals surface area contributed by atoms with E-state index in [4.69, 9.17) is 5.11 Å². The van der Waals surface area contributed by atoms with Gasteiger partial charge in [-0.3, -0.25) is 4.79 Å². The van der Waals surface area contributed by atoms with Crippen LogP contribution in [0.2, 0.25) is 0 Å². The normalized spacial score (nSPS) is 21.7. The molecule has 0 aliphatic carbocycles. The molecule has 15 heavy (non-hydrogen) atoms. The van der Waals surface area contributed by atoms with Gasteiger partial charge in [0.25, 0.3) is 0 Å². The summed E-state index contributed by atoms with van der Waals surface area (Å²) in [4.78, 5) is 10.5. The molecule has 0 amide bonds. The molecule has 0 atom stereocenters. The Hall–Kier alpha value is -0.620. The second-order valence-corrected chi connectivity index (χ2v) is 6.46. The van der Waals surface area contributed by atoms with Crippen molar-refractivity contribution in [2.75, 3.05) is 12.3 Å². The first-order chi connectivity index (χ1) is 6.76. The molecule has 0 unspecified atom stereocenters. The molecule has 0 spiro atoms. The predicted molar refractivity (Wildman–Crippen MR) is 56.1 cm³/mol. The number of sulfonamides is 1. The van der Waals surface area contributed by atoms with Gasteiger partial charge in [0.15, 0.2) is 0 Å². The number of hydrogen-bond donors (Lipinski definition) is 1. The lowest BCUT2D eigenvalue weighted by molar-refractivity contribution is -0.137. The van der Waals surface area contributed by atoms with Crippen LogP contribution in [0.3, 0.4) is 0 Å². The van der Waals surface area contributed by atoms with Gasteiger partial charge in [-0.2, -0.15) is 4.31 Å². The summed E-state index contributed by atoms with van der Waals surface area (Å²) in [7, 11) is -3.15. The maximum absolute atomic E-state index is 11.6. The second kappa shape index (κ2) is 4.09. The van der Waals surface area contributed by atoms with E-state index in [0.717, 1.165) is 0 Å². The number of carboxylic acids is 1. The fourth-order valence-electron chi connectivity index (χ4n) is 1.86. The monoisotopic (exact) mass is 235 g/mol. The van der Waals surface area contributed by atoms with E-state index >= 15 is 0 Å². The summed E-state index contributed by atoms with van der Waals surface area (Å²) >= 11 is 0. The van der Waals surface area contributed by atoms with Crippen LogP contribution in [-0.4, -0.2) is 41.6 Å². The van der Waals surface area contributed by atoms with Gasteiger partial charge in [-0.05, 0) is 26.7 Å². The van der Waals surface area contributed by atoms with Gasteiger partial charge in [-0.15, -0.1) is 0 Å². The first-order valence-electron chi connectivity index (χ1n) is 4.98. The Labute approximate surface area is 90.1 Å². The summed E-state index contributed by atoms with van der Waals surface area (Å²) in [6, 6.07) is 0. The standard InChI is InChI=1S/C9H17NO4S/c1-9(2,5-4-8(11)12)10-6-3-7-15(10,13)14/h3-7H2,1-2H3,(H,11,12). The molecule has 1 saturated heterocycles. The first kappa shape index (κ1) is 12.4. The highest BCUT2D eigenvalue weighted by atomic mass is 32.2. The van der Waals surface area contributed by atoms with E-state index in [0.29, 0.717) is 19.4 Å². The van der Waals surface area contributed by atoms with Crippen molar-refractivity contribution in [2.45, 2.75) is 38.6 Å². The van der Waals surface area contributed by atoms with E-state index < -0.39 is 21.5 Å². The molecule has 88 valence electrons. The molecule has 0 radical (unpaired) electrons. The zero-order valence-electron chi connectivity index (χ0n) is 9.06. The summed E-state index contributed by atoms with van der Waals surface area (Å²) in [5.74, 6) is -0.705. The number of carbonyl (C=O) groups is 1. The van der Waals surface area contributed by atoms with Crippen molar-refractivity contribution in [3.8, 4) is 0 Å². The zero-order chi connectivity index (χ0) is 11.7. The highest BCUT2D eigenvalue weighted by molar-refractivity contribution is 7.89. The molecule has 1 rings (SSSR count). The minimum Gasteiger partial charge on any atom is -0.481 e. The Morgan fingerprint density at radius 1 is 1.47 bits per heavy atom. The molecule has 0 aromatic heterocycles. The van der Waals surface area contributed by atoms with Crippen molar-refractivity contribution < 1.29 is 18.3 Å². The molecular formula is C9H17NO4S. The molecule has 5 nitrogen and oxygen atoms in total. The zero-order valence-corrected chi connectivity index (χ0v) is 9.88. The SMILES string of the molecule is CC(C)(CCC(=O)O)N1CCCS1(=O)=O. The van der Waals surface area contributed by atoms with Gasteiger partial charge < -0.3 is 5.11 Å². The molecule has 1 fully saturated rings. The van der Waals surface area contributed by atoms with Crippen LogP contribution < -0.4 is 0 Å². The number of aliphatic carboxylic acids is 1. The second-order valence-electron chi connectivity index (χ2n) is 4.45. The molecule has 0 aromatic carbocycles. The van der Waals surface area contributed by atoms with E-state index in [1.807, 2.05) is 0 Å². The van der Waals surface area contributed by atoms with Gasteiger partial charge in [-0.1, -0.05) is 0 Å². The van der Waals surface area contributed by atoms with Gasteiger partial charge in [0.05, 0.1) is 5.75 Å². The van der Waals surface area contributed by atoms with E-state index in [-0.39, 0.29) is 12.2 Å². The van der Waals surface area contributed by atoms with E-state index in [1.54, 1.807) is 13.8 Å². The Kier molecular flexibility index (Phi) is 3.40. The third-order valence-electron chi connectivity index (χ3n) is 2.73. The largest absolute Gasteiger partial charge is 0.481 e. The minimum absolute atomic E-state index is 0.000972. The Bertz CT molecular complexity index is 347. The Morgan fingerprint density at radius 3 is 2.47 bits per heavy atom. The Balaban J connectivity index is 2.73. The third-order valence-corrected chi connectivity index (χ3v) is 4.88. The molecule has 0 saturated carbocycles. The number of hydrogen-bond acceptors (Lipinski definition) is 3. The quantitative estimate of drug-likeness (QED) is 0.777. The van der Waals surface area contributed by atoms with Crippen molar-refractivity contribution in [2.24, 2.45) is 0 Å². The smallest absolute Gasteiger partial charge is 0.303 e. The molecule has 1 aliphatic rings. The van der Waals surface area contributed by atoms with E-state index in [1.165, 1.54) is 4.31 Å². The van der Waals surface area contributed by atoms with Crippen LogP contribution in [0.5, 0.6) is 0 Å². The van der Waals surface area contributed by atoms with Crippen LogP contribution in [0.4, 0.5) is 0 Å². The molecule has 1 N–H and O–H groups in total. The number of carboxylic acid groups (broad SMARTS) is 1. The average Bonchev–Trinajstić information content (AvgIpc) is 2.42. The lowest BCUT2D eigenvalue weighted by Crippen LogP contribution is -2.45.